The van der Waals surface area contributed by atoms with E-state index in [1.54, 1.807) is 24.3 Å². The zero-order valence-corrected chi connectivity index (χ0v) is 14.2. The molecular formula is C22H19NO3. The Hall–Kier alpha value is -3.40. The summed E-state index contributed by atoms with van der Waals surface area (Å²) >= 11 is 0. The van der Waals surface area contributed by atoms with E-state index in [1.807, 2.05) is 60.7 Å². The molecule has 3 aromatic carbocycles. The molecule has 3 rings (SSSR count). The van der Waals surface area contributed by atoms with Gasteiger partial charge in [-0.2, -0.15) is 0 Å². The zero-order chi connectivity index (χ0) is 18.2. The highest BCUT2D eigenvalue weighted by atomic mass is 16.5. The van der Waals surface area contributed by atoms with Gasteiger partial charge in [0.2, 0.25) is 0 Å². The second-order valence-electron chi connectivity index (χ2n) is 5.81. The Labute approximate surface area is 152 Å². The molecule has 0 fully saturated rings. The van der Waals surface area contributed by atoms with Crippen LogP contribution < -0.4 is 5.32 Å². The number of amides is 1. The molecule has 0 bridgehead atoms. The van der Waals surface area contributed by atoms with Crippen LogP contribution in [-0.4, -0.2) is 18.5 Å². The molecule has 0 aliphatic rings. The molecule has 1 N–H and O–H groups in total. The minimum absolute atomic E-state index is 0.326. The first-order valence-corrected chi connectivity index (χ1v) is 8.36. The van der Waals surface area contributed by atoms with E-state index >= 15 is 0 Å². The van der Waals surface area contributed by atoms with E-state index < -0.39 is 5.97 Å². The van der Waals surface area contributed by atoms with E-state index in [1.165, 1.54) is 0 Å². The first kappa shape index (κ1) is 17.4. The molecule has 0 saturated carbocycles. The molecule has 130 valence electrons. The molecule has 0 heterocycles. The van der Waals surface area contributed by atoms with Gasteiger partial charge in [-0.05, 0) is 35.7 Å². The van der Waals surface area contributed by atoms with Gasteiger partial charge in [0.15, 0.2) is 6.61 Å². The summed E-state index contributed by atoms with van der Waals surface area (Å²) in [6.07, 6.45) is 0.627. The molecule has 4 heteroatoms. The summed E-state index contributed by atoms with van der Waals surface area (Å²) in [6, 6.07) is 26.2. The number of nitrogens with one attached hydrogen (secondary N) is 1. The molecule has 0 aliphatic heterocycles. The second kappa shape index (κ2) is 8.62. The number of carbonyl (C=O) groups is 2. The SMILES string of the molecule is O=C(COC(=O)c1ccccc1Cc1ccccc1)Nc1ccccc1. The van der Waals surface area contributed by atoms with Crippen LogP contribution >= 0.6 is 0 Å². The highest BCUT2D eigenvalue weighted by molar-refractivity contribution is 5.96. The van der Waals surface area contributed by atoms with Crippen LogP contribution in [0.2, 0.25) is 0 Å². The maximum absolute atomic E-state index is 12.4. The lowest BCUT2D eigenvalue weighted by atomic mass is 10.00. The number of hydrogen-bond acceptors (Lipinski definition) is 3. The summed E-state index contributed by atoms with van der Waals surface area (Å²) < 4.78 is 5.19. The van der Waals surface area contributed by atoms with Crippen molar-refractivity contribution in [3.05, 3.63) is 102 Å². The zero-order valence-electron chi connectivity index (χ0n) is 14.2. The van der Waals surface area contributed by atoms with Crippen molar-refractivity contribution in [2.45, 2.75) is 6.42 Å². The summed E-state index contributed by atoms with van der Waals surface area (Å²) in [4.78, 5) is 24.3. The van der Waals surface area contributed by atoms with Crippen LogP contribution in [0.5, 0.6) is 0 Å². The Morgan fingerprint density at radius 2 is 1.38 bits per heavy atom. The van der Waals surface area contributed by atoms with Gasteiger partial charge in [-0.1, -0.05) is 66.7 Å². The summed E-state index contributed by atoms with van der Waals surface area (Å²) in [5.41, 5.74) is 3.11. The van der Waals surface area contributed by atoms with E-state index in [0.29, 0.717) is 17.7 Å². The fraction of sp³-hybridized carbons (Fsp3) is 0.0909. The summed E-state index contributed by atoms with van der Waals surface area (Å²) in [7, 11) is 0. The third-order valence-corrected chi connectivity index (χ3v) is 3.87. The molecule has 0 radical (unpaired) electrons. The van der Waals surface area contributed by atoms with Crippen LogP contribution in [0.25, 0.3) is 0 Å². The topological polar surface area (TPSA) is 55.4 Å². The number of benzene rings is 3. The molecule has 0 aromatic heterocycles. The van der Waals surface area contributed by atoms with Gasteiger partial charge in [-0.25, -0.2) is 4.79 Å². The molecule has 26 heavy (non-hydrogen) atoms. The smallest absolute Gasteiger partial charge is 0.338 e. The number of hydrogen-bond donors (Lipinski definition) is 1. The van der Waals surface area contributed by atoms with Gasteiger partial charge < -0.3 is 10.1 Å². The largest absolute Gasteiger partial charge is 0.452 e. The highest BCUT2D eigenvalue weighted by Gasteiger charge is 2.14. The Morgan fingerprint density at radius 3 is 2.12 bits per heavy atom. The van der Waals surface area contributed by atoms with Gasteiger partial charge in [-0.3, -0.25) is 4.79 Å². The predicted octanol–water partition coefficient (Wildman–Crippen LogP) is 4.07. The van der Waals surface area contributed by atoms with Crippen molar-refractivity contribution in [1.29, 1.82) is 0 Å². The molecule has 3 aromatic rings. The van der Waals surface area contributed by atoms with E-state index in [-0.39, 0.29) is 12.5 Å². The first-order valence-electron chi connectivity index (χ1n) is 8.36. The number of rotatable bonds is 6. The molecule has 4 nitrogen and oxygen atoms in total. The fourth-order valence-corrected chi connectivity index (χ4v) is 2.62. The van der Waals surface area contributed by atoms with Crippen molar-refractivity contribution in [3.63, 3.8) is 0 Å². The molecule has 0 spiro atoms. The summed E-state index contributed by atoms with van der Waals surface area (Å²) in [5, 5.41) is 2.69. The van der Waals surface area contributed by atoms with Crippen LogP contribution in [0, 0.1) is 0 Å². The summed E-state index contributed by atoms with van der Waals surface area (Å²) in [6.45, 7) is -0.326. The standard InChI is InChI=1S/C22H19NO3/c24-21(23-19-12-5-2-6-13-19)16-26-22(25)20-14-8-7-11-18(20)15-17-9-3-1-4-10-17/h1-14H,15-16H2,(H,23,24). The number of para-hydroxylation sites is 1. The average Bonchev–Trinajstić information content (AvgIpc) is 2.68. The van der Waals surface area contributed by atoms with Crippen LogP contribution in [0.3, 0.4) is 0 Å². The van der Waals surface area contributed by atoms with Crippen LogP contribution in [0.4, 0.5) is 5.69 Å². The maximum Gasteiger partial charge on any atom is 0.338 e. The molecule has 1 amide bonds. The van der Waals surface area contributed by atoms with E-state index in [9.17, 15) is 9.59 Å². The van der Waals surface area contributed by atoms with Gasteiger partial charge in [0.05, 0.1) is 5.56 Å². The van der Waals surface area contributed by atoms with Crippen molar-refractivity contribution in [1.82, 2.24) is 0 Å². The van der Waals surface area contributed by atoms with Crippen molar-refractivity contribution in [2.75, 3.05) is 11.9 Å². The normalized spacial score (nSPS) is 10.2. The quantitative estimate of drug-likeness (QED) is 0.685. The molecule has 0 atom stereocenters. The Kier molecular flexibility index (Phi) is 5.78. The maximum atomic E-state index is 12.4. The number of esters is 1. The average molecular weight is 345 g/mol. The van der Waals surface area contributed by atoms with Gasteiger partial charge >= 0.3 is 5.97 Å². The van der Waals surface area contributed by atoms with Crippen molar-refractivity contribution in [2.24, 2.45) is 0 Å². The van der Waals surface area contributed by atoms with E-state index in [0.717, 1.165) is 11.1 Å². The van der Waals surface area contributed by atoms with Crippen molar-refractivity contribution < 1.29 is 14.3 Å². The third kappa shape index (κ3) is 4.80. The van der Waals surface area contributed by atoms with Gasteiger partial charge in [0.25, 0.3) is 5.91 Å². The molecule has 0 saturated heterocycles. The predicted molar refractivity (Wildman–Crippen MR) is 101 cm³/mol. The van der Waals surface area contributed by atoms with Crippen LogP contribution in [-0.2, 0) is 16.0 Å². The van der Waals surface area contributed by atoms with Crippen LogP contribution in [0.15, 0.2) is 84.9 Å². The van der Waals surface area contributed by atoms with Crippen LogP contribution in [0.1, 0.15) is 21.5 Å². The highest BCUT2D eigenvalue weighted by Crippen LogP contribution is 2.15. The van der Waals surface area contributed by atoms with E-state index in [2.05, 4.69) is 5.32 Å². The van der Waals surface area contributed by atoms with Gasteiger partial charge in [-0.15, -0.1) is 0 Å². The Morgan fingerprint density at radius 1 is 0.769 bits per heavy atom. The first-order chi connectivity index (χ1) is 12.7. The molecular weight excluding hydrogens is 326 g/mol. The molecule has 0 unspecified atom stereocenters. The summed E-state index contributed by atoms with van der Waals surface area (Å²) in [5.74, 6) is -0.871. The van der Waals surface area contributed by atoms with E-state index in [4.69, 9.17) is 4.74 Å². The Balaban J connectivity index is 1.62. The van der Waals surface area contributed by atoms with Gasteiger partial charge in [0.1, 0.15) is 0 Å². The lowest BCUT2D eigenvalue weighted by Gasteiger charge is -2.10. The third-order valence-electron chi connectivity index (χ3n) is 3.87. The lowest BCUT2D eigenvalue weighted by Crippen LogP contribution is -2.21. The Bertz CT molecular complexity index is 876. The lowest BCUT2D eigenvalue weighted by molar-refractivity contribution is -0.119. The minimum atomic E-state index is -0.500. The van der Waals surface area contributed by atoms with Gasteiger partial charge in [0, 0.05) is 5.69 Å². The van der Waals surface area contributed by atoms with Crippen molar-refractivity contribution in [3.8, 4) is 0 Å². The van der Waals surface area contributed by atoms with Crippen molar-refractivity contribution >= 4 is 17.6 Å². The second-order valence-corrected chi connectivity index (χ2v) is 5.81. The minimum Gasteiger partial charge on any atom is -0.452 e. The number of ether oxygens (including phenoxy) is 1. The fourth-order valence-electron chi connectivity index (χ4n) is 2.62. The number of carbonyl (C=O) groups excluding carboxylic acids is 2. The monoisotopic (exact) mass is 345 g/mol. The molecule has 0 aliphatic carbocycles. The number of anilines is 1.